The molecule has 0 aromatic heterocycles. The second-order valence-corrected chi connectivity index (χ2v) is 7.15. The van der Waals surface area contributed by atoms with Crippen LogP contribution in [0.3, 0.4) is 0 Å². The summed E-state index contributed by atoms with van der Waals surface area (Å²) in [5, 5.41) is 0.602. The van der Waals surface area contributed by atoms with Gasteiger partial charge in [-0.2, -0.15) is 0 Å². The molecule has 3 rings (SSSR count). The number of benzene rings is 2. The number of piperazine rings is 1. The molecular formula is C21H26ClN3O2. The number of nitrogens with zero attached hydrogens (tertiary/aromatic N) is 2. The first kappa shape index (κ1) is 19.5. The molecular weight excluding hydrogens is 362 g/mol. The molecule has 0 saturated carbocycles. The third kappa shape index (κ3) is 5.62. The molecule has 1 fully saturated rings. The van der Waals surface area contributed by atoms with E-state index >= 15 is 0 Å². The lowest BCUT2D eigenvalue weighted by atomic mass is 10.2. The van der Waals surface area contributed by atoms with Crippen molar-refractivity contribution in [1.29, 1.82) is 0 Å². The topological polar surface area (TPSA) is 58.8 Å². The van der Waals surface area contributed by atoms with Crippen molar-refractivity contribution in [1.82, 2.24) is 4.90 Å². The normalized spacial score (nSPS) is 14.9. The highest BCUT2D eigenvalue weighted by atomic mass is 35.5. The summed E-state index contributed by atoms with van der Waals surface area (Å²) in [6.45, 7) is 5.49. The first-order valence-electron chi connectivity index (χ1n) is 9.38. The third-order valence-electron chi connectivity index (χ3n) is 4.83. The van der Waals surface area contributed by atoms with Crippen LogP contribution in [0.4, 0.5) is 11.4 Å². The van der Waals surface area contributed by atoms with Crippen molar-refractivity contribution in [2.45, 2.75) is 12.8 Å². The van der Waals surface area contributed by atoms with Gasteiger partial charge in [-0.05, 0) is 49.7 Å². The molecule has 144 valence electrons. The number of halogens is 1. The van der Waals surface area contributed by atoms with Crippen LogP contribution in [-0.2, 0) is 4.74 Å². The minimum atomic E-state index is -0.244. The zero-order valence-electron chi connectivity index (χ0n) is 15.4. The fourth-order valence-electron chi connectivity index (χ4n) is 3.22. The number of hydrogen-bond acceptors (Lipinski definition) is 5. The molecule has 1 aliphatic heterocycles. The maximum atomic E-state index is 11.9. The predicted molar refractivity (Wildman–Crippen MR) is 110 cm³/mol. The Balaban J connectivity index is 1.32. The van der Waals surface area contributed by atoms with Gasteiger partial charge in [0.05, 0.1) is 22.9 Å². The maximum absolute atomic E-state index is 11.9. The molecule has 2 N–H and O–H groups in total. The van der Waals surface area contributed by atoms with Gasteiger partial charge in [0.2, 0.25) is 0 Å². The van der Waals surface area contributed by atoms with Gasteiger partial charge in [-0.1, -0.05) is 29.8 Å². The zero-order valence-corrected chi connectivity index (χ0v) is 16.2. The van der Waals surface area contributed by atoms with Gasteiger partial charge in [-0.25, -0.2) is 4.79 Å². The second kappa shape index (κ2) is 9.62. The van der Waals surface area contributed by atoms with Crippen molar-refractivity contribution in [3.63, 3.8) is 0 Å². The summed E-state index contributed by atoms with van der Waals surface area (Å²) < 4.78 is 5.32. The van der Waals surface area contributed by atoms with Gasteiger partial charge in [-0.3, -0.25) is 4.90 Å². The molecule has 0 radical (unpaired) electrons. The number of hydrogen-bond donors (Lipinski definition) is 1. The smallest absolute Gasteiger partial charge is 0.338 e. The first-order valence-corrected chi connectivity index (χ1v) is 9.76. The van der Waals surface area contributed by atoms with E-state index < -0.39 is 0 Å². The van der Waals surface area contributed by atoms with Crippen LogP contribution < -0.4 is 10.6 Å². The van der Waals surface area contributed by atoms with Crippen LogP contribution in [0.1, 0.15) is 23.2 Å². The Morgan fingerprint density at radius 3 is 2.48 bits per heavy atom. The van der Waals surface area contributed by atoms with E-state index in [2.05, 4.69) is 9.80 Å². The van der Waals surface area contributed by atoms with E-state index in [9.17, 15) is 4.79 Å². The van der Waals surface area contributed by atoms with E-state index in [1.807, 2.05) is 36.4 Å². The summed E-state index contributed by atoms with van der Waals surface area (Å²) in [4.78, 5) is 16.7. The molecule has 0 bridgehead atoms. The number of anilines is 2. The summed E-state index contributed by atoms with van der Waals surface area (Å²) in [7, 11) is 0. The van der Waals surface area contributed by atoms with Crippen LogP contribution in [0.25, 0.3) is 0 Å². The van der Waals surface area contributed by atoms with E-state index in [-0.39, 0.29) is 5.97 Å². The summed E-state index contributed by atoms with van der Waals surface area (Å²) in [6, 6.07) is 14.9. The van der Waals surface area contributed by atoms with E-state index in [4.69, 9.17) is 22.1 Å². The Hall–Kier alpha value is -2.24. The van der Waals surface area contributed by atoms with Gasteiger partial charge in [0.1, 0.15) is 0 Å². The van der Waals surface area contributed by atoms with E-state index in [0.717, 1.165) is 51.3 Å². The molecule has 1 aliphatic rings. The highest BCUT2D eigenvalue weighted by molar-refractivity contribution is 6.33. The van der Waals surface area contributed by atoms with Crippen molar-refractivity contribution in [2.75, 3.05) is 50.0 Å². The van der Waals surface area contributed by atoms with Crippen LogP contribution in [0.2, 0.25) is 5.02 Å². The fourth-order valence-corrected chi connectivity index (χ4v) is 3.33. The monoisotopic (exact) mass is 387 g/mol. The van der Waals surface area contributed by atoms with E-state index in [0.29, 0.717) is 22.9 Å². The van der Waals surface area contributed by atoms with Gasteiger partial charge >= 0.3 is 5.97 Å². The molecule has 0 atom stereocenters. The molecule has 1 saturated heterocycles. The van der Waals surface area contributed by atoms with Crippen molar-refractivity contribution >= 4 is 28.9 Å². The van der Waals surface area contributed by atoms with Gasteiger partial charge < -0.3 is 15.4 Å². The van der Waals surface area contributed by atoms with Gasteiger partial charge in [0.15, 0.2) is 0 Å². The highest BCUT2D eigenvalue weighted by Crippen LogP contribution is 2.25. The lowest BCUT2D eigenvalue weighted by molar-refractivity contribution is 0.0495. The van der Waals surface area contributed by atoms with Gasteiger partial charge in [0.25, 0.3) is 0 Å². The van der Waals surface area contributed by atoms with Crippen LogP contribution in [0.15, 0.2) is 48.5 Å². The lowest BCUT2D eigenvalue weighted by Gasteiger charge is -2.36. The highest BCUT2D eigenvalue weighted by Gasteiger charge is 2.17. The Morgan fingerprint density at radius 1 is 1.04 bits per heavy atom. The predicted octanol–water partition coefficient (Wildman–Crippen LogP) is 3.68. The average molecular weight is 388 g/mol. The molecule has 2 aromatic rings. The molecule has 1 heterocycles. The third-order valence-corrected chi connectivity index (χ3v) is 5.17. The maximum Gasteiger partial charge on any atom is 0.338 e. The molecule has 5 nitrogen and oxygen atoms in total. The number of carbonyl (C=O) groups excluding carboxylic acids is 1. The standard InChI is InChI=1S/C21H26ClN3O2/c22-19-9-8-18(16-20(19)23)25-13-11-24(12-14-25)10-4-5-15-27-21(26)17-6-2-1-3-7-17/h1-3,6-9,16H,4-5,10-15,23H2. The van der Waals surface area contributed by atoms with Gasteiger partial charge in [0, 0.05) is 31.9 Å². The number of esters is 1. The summed E-state index contributed by atoms with van der Waals surface area (Å²) in [5.41, 5.74) is 8.27. The Bertz CT molecular complexity index is 746. The quantitative estimate of drug-likeness (QED) is 0.446. The number of rotatable bonds is 7. The van der Waals surface area contributed by atoms with Crippen molar-refractivity contribution in [3.05, 3.63) is 59.1 Å². The van der Waals surface area contributed by atoms with Gasteiger partial charge in [-0.15, -0.1) is 0 Å². The zero-order chi connectivity index (χ0) is 19.1. The van der Waals surface area contributed by atoms with Crippen LogP contribution >= 0.6 is 11.6 Å². The molecule has 0 unspecified atom stereocenters. The van der Waals surface area contributed by atoms with Crippen LogP contribution in [-0.4, -0.2) is 50.2 Å². The number of carbonyl (C=O) groups is 1. The Kier molecular flexibility index (Phi) is 6.96. The van der Waals surface area contributed by atoms with Crippen molar-refractivity contribution < 1.29 is 9.53 Å². The number of nitrogens with two attached hydrogens (primary N) is 1. The Morgan fingerprint density at radius 2 is 1.78 bits per heavy atom. The Labute approximate surface area is 165 Å². The minimum absolute atomic E-state index is 0.244. The molecule has 0 aliphatic carbocycles. The van der Waals surface area contributed by atoms with E-state index in [1.165, 1.54) is 0 Å². The summed E-state index contributed by atoms with van der Waals surface area (Å²) >= 11 is 6.00. The number of ether oxygens (including phenoxy) is 1. The fraction of sp³-hybridized carbons (Fsp3) is 0.381. The van der Waals surface area contributed by atoms with Crippen LogP contribution in [0, 0.1) is 0 Å². The van der Waals surface area contributed by atoms with Crippen LogP contribution in [0.5, 0.6) is 0 Å². The second-order valence-electron chi connectivity index (χ2n) is 6.74. The van der Waals surface area contributed by atoms with Crippen molar-refractivity contribution in [3.8, 4) is 0 Å². The molecule has 0 amide bonds. The first-order chi connectivity index (χ1) is 13.1. The number of unbranched alkanes of at least 4 members (excludes halogenated alkanes) is 1. The number of nitrogen functional groups attached to an aromatic ring is 1. The SMILES string of the molecule is Nc1cc(N2CCN(CCCCOC(=O)c3ccccc3)CC2)ccc1Cl. The largest absolute Gasteiger partial charge is 0.462 e. The lowest BCUT2D eigenvalue weighted by Crippen LogP contribution is -2.46. The average Bonchev–Trinajstić information content (AvgIpc) is 2.71. The molecule has 27 heavy (non-hydrogen) atoms. The minimum Gasteiger partial charge on any atom is -0.462 e. The van der Waals surface area contributed by atoms with E-state index in [1.54, 1.807) is 12.1 Å². The summed E-state index contributed by atoms with van der Waals surface area (Å²) in [5.74, 6) is -0.244. The molecule has 6 heteroatoms. The molecule has 2 aromatic carbocycles. The summed E-state index contributed by atoms with van der Waals surface area (Å²) in [6.07, 6.45) is 1.91. The molecule has 0 spiro atoms. The van der Waals surface area contributed by atoms with Crippen molar-refractivity contribution in [2.24, 2.45) is 0 Å².